The number of hydrogen-bond acceptors (Lipinski definition) is 4. The number of rotatable bonds is 5. The van der Waals surface area contributed by atoms with Crippen molar-refractivity contribution in [1.29, 1.82) is 0 Å². The van der Waals surface area contributed by atoms with Crippen LogP contribution in [0.3, 0.4) is 0 Å². The van der Waals surface area contributed by atoms with E-state index in [-0.39, 0.29) is 4.90 Å². The SMILES string of the molecule is COc1cc(C)c(S(=O)(=O)Nc2ccc(F)cc2C)cc1OC. The molecule has 23 heavy (non-hydrogen) atoms. The summed E-state index contributed by atoms with van der Waals surface area (Å²) in [5.41, 5.74) is 1.32. The fourth-order valence-corrected chi connectivity index (χ4v) is 3.57. The van der Waals surface area contributed by atoms with Crippen LogP contribution >= 0.6 is 0 Å². The maximum Gasteiger partial charge on any atom is 0.262 e. The van der Waals surface area contributed by atoms with E-state index in [9.17, 15) is 12.8 Å². The van der Waals surface area contributed by atoms with E-state index in [1.807, 2.05) is 0 Å². The third-order valence-corrected chi connectivity index (χ3v) is 4.91. The van der Waals surface area contributed by atoms with E-state index >= 15 is 0 Å². The molecule has 2 aromatic carbocycles. The number of hydrogen-bond donors (Lipinski definition) is 1. The van der Waals surface area contributed by atoms with Gasteiger partial charge in [-0.2, -0.15) is 0 Å². The molecule has 0 aliphatic heterocycles. The van der Waals surface area contributed by atoms with Gasteiger partial charge in [0.15, 0.2) is 11.5 Å². The molecule has 0 aromatic heterocycles. The van der Waals surface area contributed by atoms with E-state index in [1.54, 1.807) is 19.9 Å². The predicted octanol–water partition coefficient (Wildman–Crippen LogP) is 3.26. The Morgan fingerprint density at radius 1 is 0.957 bits per heavy atom. The van der Waals surface area contributed by atoms with Crippen LogP contribution in [0, 0.1) is 19.7 Å². The molecule has 1 N–H and O–H groups in total. The minimum Gasteiger partial charge on any atom is -0.493 e. The van der Waals surface area contributed by atoms with Gasteiger partial charge in [0, 0.05) is 6.07 Å². The predicted molar refractivity (Wildman–Crippen MR) is 86.2 cm³/mol. The van der Waals surface area contributed by atoms with Crippen molar-refractivity contribution in [2.45, 2.75) is 18.7 Å². The summed E-state index contributed by atoms with van der Waals surface area (Å²) >= 11 is 0. The zero-order valence-corrected chi connectivity index (χ0v) is 14.1. The summed E-state index contributed by atoms with van der Waals surface area (Å²) in [4.78, 5) is 0.0684. The van der Waals surface area contributed by atoms with Crippen molar-refractivity contribution in [3.8, 4) is 11.5 Å². The van der Waals surface area contributed by atoms with Crippen molar-refractivity contribution in [3.63, 3.8) is 0 Å². The summed E-state index contributed by atoms with van der Waals surface area (Å²) in [7, 11) is -0.935. The minimum absolute atomic E-state index is 0.0684. The fraction of sp³-hybridized carbons (Fsp3) is 0.250. The molecule has 0 saturated heterocycles. The number of benzene rings is 2. The van der Waals surface area contributed by atoms with Crippen LogP contribution in [0.4, 0.5) is 10.1 Å². The topological polar surface area (TPSA) is 64.6 Å². The quantitative estimate of drug-likeness (QED) is 0.908. The van der Waals surface area contributed by atoms with Crippen LogP contribution in [0.15, 0.2) is 35.2 Å². The highest BCUT2D eigenvalue weighted by atomic mass is 32.2. The van der Waals surface area contributed by atoms with E-state index in [4.69, 9.17) is 9.47 Å². The van der Waals surface area contributed by atoms with Gasteiger partial charge >= 0.3 is 0 Å². The van der Waals surface area contributed by atoms with Gasteiger partial charge in [0.05, 0.1) is 24.8 Å². The van der Waals surface area contributed by atoms with Gasteiger partial charge in [-0.05, 0) is 49.2 Å². The summed E-state index contributed by atoms with van der Waals surface area (Å²) < 4.78 is 51.2. The van der Waals surface area contributed by atoms with E-state index in [1.165, 1.54) is 38.5 Å². The van der Waals surface area contributed by atoms with Crippen molar-refractivity contribution >= 4 is 15.7 Å². The summed E-state index contributed by atoms with van der Waals surface area (Å²) in [6.07, 6.45) is 0. The van der Waals surface area contributed by atoms with Gasteiger partial charge in [-0.3, -0.25) is 4.72 Å². The van der Waals surface area contributed by atoms with E-state index < -0.39 is 15.8 Å². The first-order chi connectivity index (χ1) is 10.8. The first-order valence-corrected chi connectivity index (χ1v) is 8.28. The molecule has 0 spiro atoms. The lowest BCUT2D eigenvalue weighted by atomic mass is 10.2. The molecule has 0 aliphatic carbocycles. The van der Waals surface area contributed by atoms with Crippen molar-refractivity contribution < 1.29 is 22.3 Å². The Balaban J connectivity index is 2.47. The van der Waals surface area contributed by atoms with Crippen LogP contribution < -0.4 is 14.2 Å². The van der Waals surface area contributed by atoms with Crippen molar-refractivity contribution in [2.75, 3.05) is 18.9 Å². The van der Waals surface area contributed by atoms with Crippen LogP contribution in [0.1, 0.15) is 11.1 Å². The average Bonchev–Trinajstić information content (AvgIpc) is 2.49. The molecule has 0 aliphatic rings. The van der Waals surface area contributed by atoms with Crippen LogP contribution in [0.5, 0.6) is 11.5 Å². The monoisotopic (exact) mass is 339 g/mol. The standard InChI is InChI=1S/C16H18FNO4S/c1-10-7-12(17)5-6-13(10)18-23(19,20)16-9-15(22-4)14(21-3)8-11(16)2/h5-9,18H,1-4H3. The lowest BCUT2D eigenvalue weighted by molar-refractivity contribution is 0.353. The maximum absolute atomic E-state index is 13.1. The molecule has 0 amide bonds. The molecule has 0 bridgehead atoms. The third-order valence-electron chi connectivity index (χ3n) is 3.40. The zero-order chi connectivity index (χ0) is 17.2. The highest BCUT2D eigenvalue weighted by molar-refractivity contribution is 7.92. The van der Waals surface area contributed by atoms with Crippen LogP contribution in [0.2, 0.25) is 0 Å². The second-order valence-electron chi connectivity index (χ2n) is 5.04. The number of anilines is 1. The van der Waals surface area contributed by atoms with Crippen LogP contribution in [0.25, 0.3) is 0 Å². The minimum atomic E-state index is -3.84. The Kier molecular flexibility index (Phi) is 4.79. The number of halogens is 1. The van der Waals surface area contributed by atoms with Crippen molar-refractivity contribution in [3.05, 3.63) is 47.3 Å². The number of aryl methyl sites for hydroxylation is 2. The van der Waals surface area contributed by atoms with Gasteiger partial charge in [0.2, 0.25) is 0 Å². The highest BCUT2D eigenvalue weighted by Gasteiger charge is 2.21. The first kappa shape index (κ1) is 17.1. The Hall–Kier alpha value is -2.28. The van der Waals surface area contributed by atoms with Gasteiger partial charge in [0.25, 0.3) is 10.0 Å². The molecular weight excluding hydrogens is 321 g/mol. The van der Waals surface area contributed by atoms with Crippen molar-refractivity contribution in [2.24, 2.45) is 0 Å². The number of sulfonamides is 1. The second-order valence-corrected chi connectivity index (χ2v) is 6.69. The largest absolute Gasteiger partial charge is 0.493 e. The molecule has 0 atom stereocenters. The molecule has 5 nitrogen and oxygen atoms in total. The molecule has 0 fully saturated rings. The zero-order valence-electron chi connectivity index (χ0n) is 13.3. The molecular formula is C16H18FNO4S. The number of nitrogens with one attached hydrogen (secondary N) is 1. The summed E-state index contributed by atoms with van der Waals surface area (Å²) in [6, 6.07) is 6.84. The fourth-order valence-electron chi connectivity index (χ4n) is 2.19. The Morgan fingerprint density at radius 2 is 1.57 bits per heavy atom. The molecule has 124 valence electrons. The number of ether oxygens (including phenoxy) is 2. The molecule has 0 unspecified atom stereocenters. The Morgan fingerprint density at radius 3 is 2.13 bits per heavy atom. The van der Waals surface area contributed by atoms with E-state index in [0.717, 1.165) is 0 Å². The summed E-state index contributed by atoms with van der Waals surface area (Å²) in [6.45, 7) is 3.29. The smallest absolute Gasteiger partial charge is 0.262 e. The van der Waals surface area contributed by atoms with Crippen molar-refractivity contribution in [1.82, 2.24) is 0 Å². The van der Waals surface area contributed by atoms with Gasteiger partial charge in [-0.1, -0.05) is 0 Å². The Labute approximate surface area is 135 Å². The first-order valence-electron chi connectivity index (χ1n) is 6.80. The highest BCUT2D eigenvalue weighted by Crippen LogP contribution is 2.33. The summed E-state index contributed by atoms with van der Waals surface area (Å²) in [5, 5.41) is 0. The van der Waals surface area contributed by atoms with E-state index in [2.05, 4.69) is 4.72 Å². The van der Waals surface area contributed by atoms with Crippen LogP contribution in [-0.2, 0) is 10.0 Å². The van der Waals surface area contributed by atoms with Gasteiger partial charge in [-0.25, -0.2) is 12.8 Å². The van der Waals surface area contributed by atoms with Gasteiger partial charge in [-0.15, -0.1) is 0 Å². The Bertz CT molecular complexity index is 834. The number of methoxy groups -OCH3 is 2. The normalized spacial score (nSPS) is 11.2. The molecule has 2 rings (SSSR count). The molecule has 7 heteroatoms. The third kappa shape index (κ3) is 3.56. The molecule has 0 heterocycles. The lowest BCUT2D eigenvalue weighted by Gasteiger charge is -2.15. The second kappa shape index (κ2) is 6.45. The van der Waals surface area contributed by atoms with E-state index in [0.29, 0.717) is 28.3 Å². The summed E-state index contributed by atoms with van der Waals surface area (Å²) in [5.74, 6) is 0.337. The van der Waals surface area contributed by atoms with Crippen LogP contribution in [-0.4, -0.2) is 22.6 Å². The molecule has 0 radical (unpaired) electrons. The molecule has 2 aromatic rings. The molecule has 0 saturated carbocycles. The lowest BCUT2D eigenvalue weighted by Crippen LogP contribution is -2.15. The van der Waals surface area contributed by atoms with Gasteiger partial charge < -0.3 is 9.47 Å². The maximum atomic E-state index is 13.1. The average molecular weight is 339 g/mol. The van der Waals surface area contributed by atoms with Gasteiger partial charge in [0.1, 0.15) is 5.82 Å².